The second kappa shape index (κ2) is 6.96. The van der Waals surface area contributed by atoms with E-state index in [0.717, 1.165) is 25.7 Å². The number of hydrogen-bond donors (Lipinski definition) is 3. The van der Waals surface area contributed by atoms with E-state index in [0.29, 0.717) is 12.2 Å². The fourth-order valence-corrected chi connectivity index (χ4v) is 4.47. The minimum absolute atomic E-state index is 0.0368. The molecule has 7 heteroatoms. The Hall–Kier alpha value is -0.820. The van der Waals surface area contributed by atoms with Crippen LogP contribution in [0.15, 0.2) is 23.1 Å². The summed E-state index contributed by atoms with van der Waals surface area (Å²) >= 11 is 5.95. The first-order valence-corrected chi connectivity index (χ1v) is 8.95. The third-order valence-electron chi connectivity index (χ3n) is 4.08. The highest BCUT2D eigenvalue weighted by Gasteiger charge is 2.26. The van der Waals surface area contributed by atoms with Crippen molar-refractivity contribution >= 4 is 27.3 Å². The largest absolute Gasteiger partial charge is 0.399 e. The molecule has 0 spiro atoms. The monoisotopic (exact) mass is 332 g/mol. The zero-order valence-corrected chi connectivity index (χ0v) is 13.3. The van der Waals surface area contributed by atoms with Gasteiger partial charge in [0.1, 0.15) is 4.90 Å². The standard InChI is InChI=1S/C14H21ClN2O3S/c15-13-7-12(16)5-6-14(13)21(19,20)17-8-10-3-1-2-4-11(10)9-18/h5-7,10-11,17-18H,1-4,8-9,16H2. The van der Waals surface area contributed by atoms with E-state index in [1.165, 1.54) is 18.2 Å². The van der Waals surface area contributed by atoms with Gasteiger partial charge in [0.25, 0.3) is 0 Å². The van der Waals surface area contributed by atoms with Crippen LogP contribution < -0.4 is 10.5 Å². The molecule has 1 fully saturated rings. The number of aliphatic hydroxyl groups excluding tert-OH is 1. The quantitative estimate of drug-likeness (QED) is 0.719. The molecule has 1 saturated carbocycles. The molecule has 0 radical (unpaired) electrons. The number of rotatable bonds is 5. The van der Waals surface area contributed by atoms with Crippen molar-refractivity contribution in [3.63, 3.8) is 0 Å². The highest BCUT2D eigenvalue weighted by atomic mass is 35.5. The van der Waals surface area contributed by atoms with Gasteiger partial charge in [-0.1, -0.05) is 24.4 Å². The van der Waals surface area contributed by atoms with Crippen molar-refractivity contribution in [1.82, 2.24) is 4.72 Å². The molecule has 2 rings (SSSR count). The summed E-state index contributed by atoms with van der Waals surface area (Å²) in [5.41, 5.74) is 5.99. The molecular weight excluding hydrogens is 312 g/mol. The second-order valence-electron chi connectivity index (χ2n) is 5.53. The highest BCUT2D eigenvalue weighted by molar-refractivity contribution is 7.89. The molecule has 1 aliphatic rings. The van der Waals surface area contributed by atoms with Crippen molar-refractivity contribution in [2.45, 2.75) is 30.6 Å². The number of anilines is 1. The number of nitrogen functional groups attached to an aromatic ring is 1. The Morgan fingerprint density at radius 2 is 1.95 bits per heavy atom. The van der Waals surface area contributed by atoms with E-state index in [4.69, 9.17) is 17.3 Å². The Balaban J connectivity index is 2.07. The maximum Gasteiger partial charge on any atom is 0.242 e. The molecule has 1 aromatic rings. The topological polar surface area (TPSA) is 92.4 Å². The molecule has 118 valence electrons. The predicted octanol–water partition coefficient (Wildman–Crippen LogP) is 2.00. The van der Waals surface area contributed by atoms with E-state index in [-0.39, 0.29) is 28.4 Å². The minimum Gasteiger partial charge on any atom is -0.399 e. The van der Waals surface area contributed by atoms with Crippen molar-refractivity contribution in [1.29, 1.82) is 0 Å². The number of nitrogens with one attached hydrogen (secondary N) is 1. The lowest BCUT2D eigenvalue weighted by atomic mass is 9.80. The Labute approximate surface area is 130 Å². The molecule has 0 heterocycles. The maximum atomic E-state index is 12.3. The normalized spacial score (nSPS) is 23.1. The highest BCUT2D eigenvalue weighted by Crippen LogP contribution is 2.30. The molecular formula is C14H21ClN2O3S. The summed E-state index contributed by atoms with van der Waals surface area (Å²) in [6.07, 6.45) is 4.05. The summed E-state index contributed by atoms with van der Waals surface area (Å²) in [5, 5.41) is 9.49. The van der Waals surface area contributed by atoms with Gasteiger partial charge in [-0.05, 0) is 42.9 Å². The van der Waals surface area contributed by atoms with Crippen LogP contribution in [-0.2, 0) is 10.0 Å². The lowest BCUT2D eigenvalue weighted by Crippen LogP contribution is -2.35. The van der Waals surface area contributed by atoms with Crippen LogP contribution in [0.2, 0.25) is 5.02 Å². The zero-order chi connectivity index (χ0) is 15.5. The van der Waals surface area contributed by atoms with Crippen LogP contribution >= 0.6 is 11.6 Å². The number of aliphatic hydroxyl groups is 1. The van der Waals surface area contributed by atoms with Gasteiger partial charge < -0.3 is 10.8 Å². The summed E-state index contributed by atoms with van der Waals surface area (Å²) in [5.74, 6) is 0.342. The number of sulfonamides is 1. The maximum absolute atomic E-state index is 12.3. The first kappa shape index (κ1) is 16.5. The van der Waals surface area contributed by atoms with Crippen LogP contribution in [0.4, 0.5) is 5.69 Å². The molecule has 2 unspecified atom stereocenters. The van der Waals surface area contributed by atoms with Crippen LogP contribution in [-0.4, -0.2) is 26.7 Å². The number of hydrogen-bond acceptors (Lipinski definition) is 4. The number of benzene rings is 1. The van der Waals surface area contributed by atoms with Gasteiger partial charge in [-0.3, -0.25) is 0 Å². The van der Waals surface area contributed by atoms with E-state index >= 15 is 0 Å². The molecule has 5 nitrogen and oxygen atoms in total. The van der Waals surface area contributed by atoms with Gasteiger partial charge in [0.2, 0.25) is 10.0 Å². The first-order chi connectivity index (χ1) is 9.94. The Kier molecular flexibility index (Phi) is 5.48. The van der Waals surface area contributed by atoms with E-state index in [1.54, 1.807) is 0 Å². The Bertz CT molecular complexity index is 592. The van der Waals surface area contributed by atoms with Crippen LogP contribution in [0.25, 0.3) is 0 Å². The smallest absolute Gasteiger partial charge is 0.242 e. The van der Waals surface area contributed by atoms with Crippen LogP contribution in [0.3, 0.4) is 0 Å². The Morgan fingerprint density at radius 1 is 1.29 bits per heavy atom. The molecule has 4 N–H and O–H groups in total. The predicted molar refractivity (Wildman–Crippen MR) is 83.6 cm³/mol. The van der Waals surface area contributed by atoms with Crippen LogP contribution in [0, 0.1) is 11.8 Å². The van der Waals surface area contributed by atoms with Gasteiger partial charge in [0, 0.05) is 18.8 Å². The van der Waals surface area contributed by atoms with E-state index in [9.17, 15) is 13.5 Å². The van der Waals surface area contributed by atoms with E-state index < -0.39 is 10.0 Å². The molecule has 2 atom stereocenters. The van der Waals surface area contributed by atoms with Gasteiger partial charge in [0.05, 0.1) is 5.02 Å². The van der Waals surface area contributed by atoms with Crippen molar-refractivity contribution < 1.29 is 13.5 Å². The summed E-state index contributed by atoms with van der Waals surface area (Å²) in [4.78, 5) is 0.0368. The first-order valence-electron chi connectivity index (χ1n) is 7.09. The summed E-state index contributed by atoms with van der Waals surface area (Å²) in [6, 6.07) is 4.34. The third kappa shape index (κ3) is 4.10. The van der Waals surface area contributed by atoms with Crippen molar-refractivity contribution in [3.8, 4) is 0 Å². The lowest BCUT2D eigenvalue weighted by molar-refractivity contribution is 0.136. The molecule has 1 aliphatic carbocycles. The second-order valence-corrected chi connectivity index (χ2v) is 7.67. The number of nitrogens with two attached hydrogens (primary N) is 1. The van der Waals surface area contributed by atoms with E-state index in [1.807, 2.05) is 0 Å². The van der Waals surface area contributed by atoms with Crippen molar-refractivity contribution in [2.24, 2.45) is 11.8 Å². The van der Waals surface area contributed by atoms with Crippen molar-refractivity contribution in [3.05, 3.63) is 23.2 Å². The Morgan fingerprint density at radius 3 is 2.57 bits per heavy atom. The molecule has 0 bridgehead atoms. The average Bonchev–Trinajstić information content (AvgIpc) is 2.45. The summed E-state index contributed by atoms with van der Waals surface area (Å²) in [6.45, 7) is 0.434. The molecule has 0 amide bonds. The van der Waals surface area contributed by atoms with Crippen molar-refractivity contribution in [2.75, 3.05) is 18.9 Å². The van der Waals surface area contributed by atoms with Gasteiger partial charge in [-0.15, -0.1) is 0 Å². The van der Waals surface area contributed by atoms with Gasteiger partial charge in [-0.2, -0.15) is 0 Å². The summed E-state index contributed by atoms with van der Waals surface area (Å²) < 4.78 is 27.2. The number of halogens is 1. The summed E-state index contributed by atoms with van der Waals surface area (Å²) in [7, 11) is -3.66. The van der Waals surface area contributed by atoms with Crippen LogP contribution in [0.1, 0.15) is 25.7 Å². The SMILES string of the molecule is Nc1ccc(S(=O)(=O)NCC2CCCCC2CO)c(Cl)c1. The molecule has 21 heavy (non-hydrogen) atoms. The molecule has 1 aromatic carbocycles. The minimum atomic E-state index is -3.66. The van der Waals surface area contributed by atoms with Gasteiger partial charge in [0.15, 0.2) is 0 Å². The zero-order valence-electron chi connectivity index (χ0n) is 11.8. The van der Waals surface area contributed by atoms with Gasteiger partial charge in [-0.25, -0.2) is 13.1 Å². The average molecular weight is 333 g/mol. The van der Waals surface area contributed by atoms with Gasteiger partial charge >= 0.3 is 0 Å². The van der Waals surface area contributed by atoms with E-state index in [2.05, 4.69) is 4.72 Å². The lowest BCUT2D eigenvalue weighted by Gasteiger charge is -2.30. The molecule has 0 aromatic heterocycles. The fourth-order valence-electron chi connectivity index (χ4n) is 2.82. The fraction of sp³-hybridized carbons (Fsp3) is 0.571. The molecule has 0 saturated heterocycles. The third-order valence-corrected chi connectivity index (χ3v) is 5.99. The molecule has 0 aliphatic heterocycles. The van der Waals surface area contributed by atoms with Crippen LogP contribution in [0.5, 0.6) is 0 Å².